The minimum absolute atomic E-state index is 0.0268. The first-order chi connectivity index (χ1) is 10.4. The standard InChI is InChI=1S/C16H23N3O3/c1-4-9-19(13(3)20)11-16(22)17-10-15(21)18-14-7-5-12(2)6-8-14/h5-8H,4,9-11H2,1-3H3,(H,17,22)(H,18,21). The number of nitrogens with zero attached hydrogens (tertiary/aromatic N) is 1. The SMILES string of the molecule is CCCN(CC(=O)NCC(=O)Nc1ccc(C)cc1)C(C)=O. The van der Waals surface area contributed by atoms with E-state index < -0.39 is 0 Å². The molecule has 120 valence electrons. The second-order valence-corrected chi connectivity index (χ2v) is 5.13. The summed E-state index contributed by atoms with van der Waals surface area (Å²) < 4.78 is 0. The molecule has 0 saturated heterocycles. The number of benzene rings is 1. The van der Waals surface area contributed by atoms with Gasteiger partial charge < -0.3 is 15.5 Å². The molecule has 0 aromatic heterocycles. The van der Waals surface area contributed by atoms with Gasteiger partial charge in [-0.25, -0.2) is 0 Å². The molecule has 0 aliphatic rings. The third kappa shape index (κ3) is 6.39. The lowest BCUT2D eigenvalue weighted by Crippen LogP contribution is -2.42. The summed E-state index contributed by atoms with van der Waals surface area (Å²) in [5.41, 5.74) is 1.78. The van der Waals surface area contributed by atoms with Gasteiger partial charge in [0.15, 0.2) is 0 Å². The van der Waals surface area contributed by atoms with Crippen LogP contribution in [0.25, 0.3) is 0 Å². The smallest absolute Gasteiger partial charge is 0.243 e. The van der Waals surface area contributed by atoms with Crippen LogP contribution in [0.5, 0.6) is 0 Å². The highest BCUT2D eigenvalue weighted by Gasteiger charge is 2.13. The van der Waals surface area contributed by atoms with Gasteiger partial charge in [-0.15, -0.1) is 0 Å². The van der Waals surface area contributed by atoms with Gasteiger partial charge in [0.2, 0.25) is 17.7 Å². The Balaban J connectivity index is 2.38. The third-order valence-electron chi connectivity index (χ3n) is 3.05. The normalized spacial score (nSPS) is 9.95. The van der Waals surface area contributed by atoms with E-state index in [1.165, 1.54) is 11.8 Å². The van der Waals surface area contributed by atoms with Crippen LogP contribution in [0.15, 0.2) is 24.3 Å². The van der Waals surface area contributed by atoms with Crippen LogP contribution in [-0.2, 0) is 14.4 Å². The van der Waals surface area contributed by atoms with E-state index in [0.717, 1.165) is 12.0 Å². The van der Waals surface area contributed by atoms with Gasteiger partial charge >= 0.3 is 0 Å². The number of hydrogen-bond acceptors (Lipinski definition) is 3. The van der Waals surface area contributed by atoms with E-state index in [1.54, 1.807) is 12.1 Å². The Hall–Kier alpha value is -2.37. The number of aryl methyl sites for hydroxylation is 1. The molecule has 0 spiro atoms. The van der Waals surface area contributed by atoms with Crippen molar-refractivity contribution >= 4 is 23.4 Å². The first-order valence-corrected chi connectivity index (χ1v) is 7.31. The molecule has 0 aliphatic carbocycles. The van der Waals surface area contributed by atoms with Crippen LogP contribution in [-0.4, -0.2) is 42.3 Å². The van der Waals surface area contributed by atoms with Gasteiger partial charge in [-0.1, -0.05) is 24.6 Å². The topological polar surface area (TPSA) is 78.5 Å². The van der Waals surface area contributed by atoms with E-state index >= 15 is 0 Å². The van der Waals surface area contributed by atoms with E-state index in [0.29, 0.717) is 12.2 Å². The lowest BCUT2D eigenvalue weighted by molar-refractivity contribution is -0.134. The average molecular weight is 305 g/mol. The largest absolute Gasteiger partial charge is 0.345 e. The van der Waals surface area contributed by atoms with Crippen molar-refractivity contribution in [2.45, 2.75) is 27.2 Å². The molecule has 0 bridgehead atoms. The maximum absolute atomic E-state index is 11.7. The molecule has 0 atom stereocenters. The molecule has 0 heterocycles. The molecular formula is C16H23N3O3. The predicted octanol–water partition coefficient (Wildman–Crippen LogP) is 1.31. The average Bonchev–Trinajstić information content (AvgIpc) is 2.47. The number of amides is 3. The number of nitrogens with one attached hydrogen (secondary N) is 2. The maximum atomic E-state index is 11.7. The Kier molecular flexibility index (Phi) is 7.08. The summed E-state index contributed by atoms with van der Waals surface area (Å²) in [7, 11) is 0. The number of anilines is 1. The summed E-state index contributed by atoms with van der Waals surface area (Å²) in [5.74, 6) is -0.800. The Bertz CT molecular complexity index is 526. The molecule has 1 rings (SSSR count). The molecule has 6 heteroatoms. The molecule has 22 heavy (non-hydrogen) atoms. The van der Waals surface area contributed by atoms with Gasteiger partial charge in [0.05, 0.1) is 13.1 Å². The molecule has 0 aliphatic heterocycles. The highest BCUT2D eigenvalue weighted by molar-refractivity contribution is 5.95. The molecule has 0 radical (unpaired) electrons. The van der Waals surface area contributed by atoms with Crippen molar-refractivity contribution in [1.82, 2.24) is 10.2 Å². The molecule has 3 amide bonds. The fourth-order valence-corrected chi connectivity index (χ4v) is 1.87. The van der Waals surface area contributed by atoms with Crippen LogP contribution in [0.2, 0.25) is 0 Å². The quantitative estimate of drug-likeness (QED) is 0.797. The van der Waals surface area contributed by atoms with Crippen molar-refractivity contribution < 1.29 is 14.4 Å². The summed E-state index contributed by atoms with van der Waals surface area (Å²) in [6, 6.07) is 7.38. The number of rotatable bonds is 7. The zero-order valence-electron chi connectivity index (χ0n) is 13.3. The molecule has 1 aromatic rings. The van der Waals surface area contributed by atoms with Gasteiger partial charge in [0.1, 0.15) is 0 Å². The van der Waals surface area contributed by atoms with Crippen LogP contribution in [0.1, 0.15) is 25.8 Å². The summed E-state index contributed by atoms with van der Waals surface area (Å²) in [5, 5.41) is 5.20. The zero-order chi connectivity index (χ0) is 16.5. The van der Waals surface area contributed by atoms with Crippen molar-refractivity contribution in [3.8, 4) is 0 Å². The first kappa shape index (κ1) is 17.7. The van der Waals surface area contributed by atoms with E-state index in [2.05, 4.69) is 10.6 Å². The van der Waals surface area contributed by atoms with Crippen molar-refractivity contribution in [3.05, 3.63) is 29.8 Å². The lowest BCUT2D eigenvalue weighted by atomic mass is 10.2. The van der Waals surface area contributed by atoms with E-state index in [1.807, 2.05) is 26.0 Å². The monoisotopic (exact) mass is 305 g/mol. The van der Waals surface area contributed by atoms with E-state index in [4.69, 9.17) is 0 Å². The molecule has 0 fully saturated rings. The van der Waals surface area contributed by atoms with Gasteiger partial charge in [-0.05, 0) is 25.5 Å². The van der Waals surface area contributed by atoms with Crippen LogP contribution in [0.4, 0.5) is 5.69 Å². The molecular weight excluding hydrogens is 282 g/mol. The lowest BCUT2D eigenvalue weighted by Gasteiger charge is -2.19. The second-order valence-electron chi connectivity index (χ2n) is 5.13. The summed E-state index contributed by atoms with van der Waals surface area (Å²) in [6.45, 7) is 5.70. The molecule has 0 saturated carbocycles. The highest BCUT2D eigenvalue weighted by atomic mass is 16.2. The summed E-state index contributed by atoms with van der Waals surface area (Å²) in [4.78, 5) is 36.3. The number of carbonyl (C=O) groups excluding carboxylic acids is 3. The van der Waals surface area contributed by atoms with Crippen LogP contribution in [0, 0.1) is 6.92 Å². The second kappa shape index (κ2) is 8.81. The maximum Gasteiger partial charge on any atom is 0.243 e. The minimum atomic E-state index is -0.345. The Morgan fingerprint density at radius 1 is 1.09 bits per heavy atom. The molecule has 1 aromatic carbocycles. The van der Waals surface area contributed by atoms with Crippen molar-refractivity contribution in [2.75, 3.05) is 25.0 Å². The van der Waals surface area contributed by atoms with Crippen molar-refractivity contribution in [3.63, 3.8) is 0 Å². The number of hydrogen-bond donors (Lipinski definition) is 2. The van der Waals surface area contributed by atoms with Gasteiger partial charge in [0, 0.05) is 19.2 Å². The Morgan fingerprint density at radius 2 is 1.73 bits per heavy atom. The van der Waals surface area contributed by atoms with Crippen LogP contribution in [0.3, 0.4) is 0 Å². The fraction of sp³-hybridized carbons (Fsp3) is 0.438. The molecule has 6 nitrogen and oxygen atoms in total. The Labute approximate surface area is 130 Å². The van der Waals surface area contributed by atoms with Crippen molar-refractivity contribution in [2.24, 2.45) is 0 Å². The molecule has 2 N–H and O–H groups in total. The summed E-state index contributed by atoms with van der Waals surface area (Å²) >= 11 is 0. The van der Waals surface area contributed by atoms with E-state index in [-0.39, 0.29) is 30.8 Å². The number of carbonyl (C=O) groups is 3. The van der Waals surface area contributed by atoms with Crippen molar-refractivity contribution in [1.29, 1.82) is 0 Å². The highest BCUT2D eigenvalue weighted by Crippen LogP contribution is 2.07. The van der Waals surface area contributed by atoms with Crippen LogP contribution >= 0.6 is 0 Å². The Morgan fingerprint density at radius 3 is 2.27 bits per heavy atom. The van der Waals surface area contributed by atoms with Crippen LogP contribution < -0.4 is 10.6 Å². The third-order valence-corrected chi connectivity index (χ3v) is 3.05. The van der Waals surface area contributed by atoms with E-state index in [9.17, 15) is 14.4 Å². The predicted molar refractivity (Wildman–Crippen MR) is 85.4 cm³/mol. The van der Waals surface area contributed by atoms with Gasteiger partial charge in [-0.2, -0.15) is 0 Å². The van der Waals surface area contributed by atoms with Gasteiger partial charge in [-0.3, -0.25) is 14.4 Å². The minimum Gasteiger partial charge on any atom is -0.345 e. The molecule has 0 unspecified atom stereocenters. The zero-order valence-corrected chi connectivity index (χ0v) is 13.3. The summed E-state index contributed by atoms with van der Waals surface area (Å²) in [6.07, 6.45) is 0.779. The fourth-order valence-electron chi connectivity index (χ4n) is 1.87. The first-order valence-electron chi connectivity index (χ1n) is 7.31. The van der Waals surface area contributed by atoms with Gasteiger partial charge in [0.25, 0.3) is 0 Å².